The second kappa shape index (κ2) is 12.8. The number of carbonyl (C=O) groups is 1. The molecule has 0 spiro atoms. The molecule has 1 aromatic heterocycles. The van der Waals surface area contributed by atoms with Crippen LogP contribution in [0.5, 0.6) is 5.88 Å². The SMILES string of the molecule is CCCCc1nn(C)c(OC)c1CNC(=O)c1cc(Cl)cc(N(CC)C2CCC(N(C)C)CC2)c1C. The minimum absolute atomic E-state index is 0.129. The minimum atomic E-state index is -0.129. The summed E-state index contributed by atoms with van der Waals surface area (Å²) >= 11 is 6.57. The first-order valence-electron chi connectivity index (χ1n) is 13.3. The van der Waals surface area contributed by atoms with E-state index in [2.05, 4.69) is 48.2 Å². The third kappa shape index (κ3) is 6.35. The zero-order chi connectivity index (χ0) is 26.4. The number of benzene rings is 1. The Morgan fingerprint density at radius 1 is 1.19 bits per heavy atom. The van der Waals surface area contributed by atoms with Gasteiger partial charge >= 0.3 is 0 Å². The molecular weight excluding hydrogens is 474 g/mol. The quantitative estimate of drug-likeness (QED) is 0.434. The highest BCUT2D eigenvalue weighted by atomic mass is 35.5. The van der Waals surface area contributed by atoms with E-state index in [0.29, 0.717) is 35.1 Å². The van der Waals surface area contributed by atoms with Crippen LogP contribution in [0.1, 0.15) is 79.6 Å². The van der Waals surface area contributed by atoms with Gasteiger partial charge in [-0.3, -0.25) is 4.79 Å². The van der Waals surface area contributed by atoms with E-state index in [4.69, 9.17) is 16.3 Å². The Morgan fingerprint density at radius 3 is 2.44 bits per heavy atom. The summed E-state index contributed by atoms with van der Waals surface area (Å²) in [4.78, 5) is 18.2. The zero-order valence-electron chi connectivity index (χ0n) is 23.2. The van der Waals surface area contributed by atoms with Crippen molar-refractivity contribution >= 4 is 23.2 Å². The predicted molar refractivity (Wildman–Crippen MR) is 148 cm³/mol. The maximum atomic E-state index is 13.4. The fourth-order valence-electron chi connectivity index (χ4n) is 5.56. The molecule has 3 rings (SSSR count). The number of aryl methyl sites for hydroxylation is 2. The largest absolute Gasteiger partial charge is 0.481 e. The molecule has 0 aliphatic heterocycles. The number of halogens is 1. The van der Waals surface area contributed by atoms with Gasteiger partial charge in [0.2, 0.25) is 5.88 Å². The fraction of sp³-hybridized carbons (Fsp3) is 0.643. The van der Waals surface area contributed by atoms with E-state index in [0.717, 1.165) is 61.2 Å². The number of nitrogens with one attached hydrogen (secondary N) is 1. The highest BCUT2D eigenvalue weighted by molar-refractivity contribution is 6.31. The van der Waals surface area contributed by atoms with Crippen molar-refractivity contribution in [2.75, 3.05) is 32.6 Å². The summed E-state index contributed by atoms with van der Waals surface area (Å²) in [5.74, 6) is 0.561. The van der Waals surface area contributed by atoms with Crippen molar-refractivity contribution in [2.45, 2.75) is 84.3 Å². The van der Waals surface area contributed by atoms with Crippen LogP contribution in [0.4, 0.5) is 5.69 Å². The number of amides is 1. The maximum Gasteiger partial charge on any atom is 0.251 e. The Balaban J connectivity index is 1.81. The molecule has 1 heterocycles. The van der Waals surface area contributed by atoms with Crippen molar-refractivity contribution in [2.24, 2.45) is 7.05 Å². The number of ether oxygens (including phenoxy) is 1. The molecule has 0 saturated heterocycles. The molecule has 1 saturated carbocycles. The van der Waals surface area contributed by atoms with Crippen molar-refractivity contribution in [3.05, 3.63) is 39.5 Å². The molecule has 0 unspecified atom stereocenters. The molecule has 200 valence electrons. The van der Waals surface area contributed by atoms with Crippen LogP contribution in [0.25, 0.3) is 0 Å². The molecular formula is C28H44ClN5O2. The third-order valence-electron chi connectivity index (χ3n) is 7.63. The zero-order valence-corrected chi connectivity index (χ0v) is 23.9. The lowest BCUT2D eigenvalue weighted by atomic mass is 9.89. The van der Waals surface area contributed by atoms with Gasteiger partial charge in [-0.2, -0.15) is 5.10 Å². The Bertz CT molecular complexity index is 1030. The van der Waals surface area contributed by atoms with Crippen molar-refractivity contribution in [1.29, 1.82) is 0 Å². The summed E-state index contributed by atoms with van der Waals surface area (Å²) in [6.07, 6.45) is 7.65. The number of nitrogens with zero attached hydrogens (tertiary/aromatic N) is 4. The molecule has 7 nitrogen and oxygen atoms in total. The van der Waals surface area contributed by atoms with E-state index in [1.54, 1.807) is 17.9 Å². The van der Waals surface area contributed by atoms with Crippen LogP contribution in [0.15, 0.2) is 12.1 Å². The molecule has 1 amide bonds. The topological polar surface area (TPSA) is 62.6 Å². The molecule has 0 radical (unpaired) electrons. The average molecular weight is 518 g/mol. The smallest absolute Gasteiger partial charge is 0.251 e. The molecule has 1 aliphatic carbocycles. The Kier molecular flexibility index (Phi) is 10.1. The van der Waals surface area contributed by atoms with Crippen LogP contribution >= 0.6 is 11.6 Å². The molecule has 1 N–H and O–H groups in total. The molecule has 0 bridgehead atoms. The predicted octanol–water partition coefficient (Wildman–Crippen LogP) is 5.36. The van der Waals surface area contributed by atoms with Crippen molar-refractivity contribution in [1.82, 2.24) is 20.0 Å². The monoisotopic (exact) mass is 517 g/mol. The number of hydrogen-bond donors (Lipinski definition) is 1. The van der Waals surface area contributed by atoms with Gasteiger partial charge in [-0.05, 0) is 84.2 Å². The third-order valence-corrected chi connectivity index (χ3v) is 7.85. The normalized spacial score (nSPS) is 17.9. The van der Waals surface area contributed by atoms with E-state index in [1.807, 2.05) is 20.0 Å². The van der Waals surface area contributed by atoms with Crippen molar-refractivity contribution < 1.29 is 9.53 Å². The highest BCUT2D eigenvalue weighted by Gasteiger charge is 2.28. The lowest BCUT2D eigenvalue weighted by Gasteiger charge is -2.40. The summed E-state index contributed by atoms with van der Waals surface area (Å²) in [7, 11) is 7.86. The van der Waals surface area contributed by atoms with Gasteiger partial charge in [-0.25, -0.2) is 4.68 Å². The highest BCUT2D eigenvalue weighted by Crippen LogP contribution is 2.34. The number of carbonyl (C=O) groups excluding carboxylic acids is 1. The summed E-state index contributed by atoms with van der Waals surface area (Å²) in [6.45, 7) is 7.63. The van der Waals surface area contributed by atoms with E-state index in [-0.39, 0.29) is 5.91 Å². The molecule has 1 aliphatic rings. The van der Waals surface area contributed by atoms with E-state index >= 15 is 0 Å². The number of rotatable bonds is 11. The fourth-order valence-corrected chi connectivity index (χ4v) is 5.77. The van der Waals surface area contributed by atoms with Crippen LogP contribution in [0.2, 0.25) is 5.02 Å². The van der Waals surface area contributed by atoms with Gasteiger partial charge in [0.1, 0.15) is 0 Å². The number of unbranched alkanes of at least 4 members (excludes halogenated alkanes) is 1. The standard InChI is InChI=1S/C28H44ClN5O2/c1-8-10-11-25-24(28(36-7)33(6)31-25)18-30-27(35)23-16-20(29)17-26(19(23)3)34(9-2)22-14-12-21(13-15-22)32(4)5/h16-17,21-22H,8-15,18H2,1-7H3,(H,30,35). The van der Waals surface area contributed by atoms with Crippen LogP contribution in [0.3, 0.4) is 0 Å². The molecule has 1 aromatic carbocycles. The second-order valence-electron chi connectivity index (χ2n) is 10.2. The van der Waals surface area contributed by atoms with E-state index in [1.165, 1.54) is 12.8 Å². The molecule has 1 fully saturated rings. The van der Waals surface area contributed by atoms with Gasteiger partial charge in [-0.1, -0.05) is 24.9 Å². The van der Waals surface area contributed by atoms with E-state index < -0.39 is 0 Å². The Morgan fingerprint density at radius 2 is 1.86 bits per heavy atom. The number of hydrogen-bond acceptors (Lipinski definition) is 5. The van der Waals surface area contributed by atoms with Crippen LogP contribution in [0, 0.1) is 6.92 Å². The Hall–Kier alpha value is -2.25. The average Bonchev–Trinajstić information content (AvgIpc) is 3.17. The number of anilines is 1. The first kappa shape index (κ1) is 28.3. The minimum Gasteiger partial charge on any atom is -0.481 e. The summed E-state index contributed by atoms with van der Waals surface area (Å²) < 4.78 is 7.34. The number of methoxy groups -OCH3 is 1. The molecule has 8 heteroatoms. The van der Waals surface area contributed by atoms with Crippen LogP contribution in [-0.4, -0.2) is 60.4 Å². The van der Waals surface area contributed by atoms with Crippen molar-refractivity contribution in [3.8, 4) is 5.88 Å². The summed E-state index contributed by atoms with van der Waals surface area (Å²) in [5, 5.41) is 8.33. The summed E-state index contributed by atoms with van der Waals surface area (Å²) in [5.41, 5.74) is 4.57. The van der Waals surface area contributed by atoms with E-state index in [9.17, 15) is 4.79 Å². The van der Waals surface area contributed by atoms with Gasteiger partial charge < -0.3 is 19.9 Å². The lowest BCUT2D eigenvalue weighted by Crippen LogP contribution is -2.42. The van der Waals surface area contributed by atoms with Gasteiger partial charge in [0, 0.05) is 41.9 Å². The van der Waals surface area contributed by atoms with Gasteiger partial charge in [0.15, 0.2) is 0 Å². The van der Waals surface area contributed by atoms with Crippen molar-refractivity contribution in [3.63, 3.8) is 0 Å². The van der Waals surface area contributed by atoms with Gasteiger partial charge in [-0.15, -0.1) is 0 Å². The number of aromatic nitrogens is 2. The maximum absolute atomic E-state index is 13.4. The second-order valence-corrected chi connectivity index (χ2v) is 10.6. The molecule has 0 atom stereocenters. The molecule has 36 heavy (non-hydrogen) atoms. The van der Waals surface area contributed by atoms with Gasteiger partial charge in [0.25, 0.3) is 5.91 Å². The van der Waals surface area contributed by atoms with Crippen LogP contribution in [-0.2, 0) is 20.0 Å². The first-order valence-corrected chi connectivity index (χ1v) is 13.7. The van der Waals surface area contributed by atoms with Gasteiger partial charge in [0.05, 0.1) is 24.9 Å². The molecule has 2 aromatic rings. The summed E-state index contributed by atoms with van der Waals surface area (Å²) in [6, 6.07) is 4.90. The first-order chi connectivity index (χ1) is 17.2. The Labute approximate surface area is 222 Å². The van der Waals surface area contributed by atoms with Crippen LogP contribution < -0.4 is 15.0 Å². The lowest BCUT2D eigenvalue weighted by molar-refractivity contribution is 0.0950.